The zero-order valence-electron chi connectivity index (χ0n) is 9.98. The van der Waals surface area contributed by atoms with Crippen molar-refractivity contribution in [3.63, 3.8) is 0 Å². The molecule has 2 heterocycles. The number of carboxylic acid groups (broad SMARTS) is 1. The van der Waals surface area contributed by atoms with Gasteiger partial charge < -0.3 is 15.3 Å². The van der Waals surface area contributed by atoms with Crippen molar-refractivity contribution in [2.75, 3.05) is 13.1 Å². The second-order valence-corrected chi connectivity index (χ2v) is 4.64. The third-order valence-electron chi connectivity index (χ3n) is 3.25. The molecule has 1 fully saturated rings. The van der Waals surface area contributed by atoms with E-state index < -0.39 is 11.5 Å². The minimum atomic E-state index is -1.10. The lowest BCUT2D eigenvalue weighted by Crippen LogP contribution is -2.49. The topological polar surface area (TPSA) is 79.7 Å². The molecule has 0 aliphatic carbocycles. The first kappa shape index (κ1) is 12.1. The first-order valence-corrected chi connectivity index (χ1v) is 5.86. The molecule has 0 aromatic carbocycles. The van der Waals surface area contributed by atoms with Gasteiger partial charge in [0.2, 0.25) is 0 Å². The van der Waals surface area contributed by atoms with Crippen molar-refractivity contribution < 1.29 is 14.3 Å². The fourth-order valence-electron chi connectivity index (χ4n) is 2.14. The highest BCUT2D eigenvalue weighted by atomic mass is 16.4. The summed E-state index contributed by atoms with van der Waals surface area (Å²) in [6, 6.07) is 3.90. The SMILES string of the molecule is CCc1ccc(CN2CCC(N)(C(=O)O)C2)o1. The molecule has 5 nitrogen and oxygen atoms in total. The van der Waals surface area contributed by atoms with E-state index in [1.54, 1.807) is 0 Å². The number of aliphatic carboxylic acids is 1. The van der Waals surface area contributed by atoms with Crippen molar-refractivity contribution in [2.45, 2.75) is 31.8 Å². The standard InChI is InChI=1S/C12H18N2O3/c1-2-9-3-4-10(17-9)7-14-6-5-12(13,8-14)11(15)16/h3-4H,2,5-8,13H2,1H3,(H,15,16). The third kappa shape index (κ3) is 2.50. The molecule has 17 heavy (non-hydrogen) atoms. The minimum absolute atomic E-state index is 0.379. The van der Waals surface area contributed by atoms with Crippen LogP contribution in [0.2, 0.25) is 0 Å². The van der Waals surface area contributed by atoms with Crippen molar-refractivity contribution in [2.24, 2.45) is 5.73 Å². The first-order chi connectivity index (χ1) is 8.03. The zero-order valence-corrected chi connectivity index (χ0v) is 9.98. The molecule has 1 unspecified atom stereocenters. The Morgan fingerprint density at radius 3 is 2.82 bits per heavy atom. The highest BCUT2D eigenvalue weighted by Gasteiger charge is 2.41. The van der Waals surface area contributed by atoms with Gasteiger partial charge >= 0.3 is 5.97 Å². The predicted molar refractivity (Wildman–Crippen MR) is 62.5 cm³/mol. The summed E-state index contributed by atoms with van der Waals surface area (Å²) in [6.07, 6.45) is 1.36. The van der Waals surface area contributed by atoms with E-state index in [9.17, 15) is 4.79 Å². The number of nitrogens with zero attached hydrogens (tertiary/aromatic N) is 1. The highest BCUT2D eigenvalue weighted by molar-refractivity contribution is 5.79. The Morgan fingerprint density at radius 2 is 2.29 bits per heavy atom. The van der Waals surface area contributed by atoms with E-state index in [-0.39, 0.29) is 0 Å². The van der Waals surface area contributed by atoms with E-state index in [0.29, 0.717) is 26.1 Å². The molecule has 0 radical (unpaired) electrons. The quantitative estimate of drug-likeness (QED) is 0.812. The summed E-state index contributed by atoms with van der Waals surface area (Å²) < 4.78 is 5.59. The Hall–Kier alpha value is -1.33. The van der Waals surface area contributed by atoms with E-state index in [2.05, 4.69) is 0 Å². The van der Waals surface area contributed by atoms with Crippen molar-refractivity contribution in [3.05, 3.63) is 23.7 Å². The number of likely N-dealkylation sites (tertiary alicyclic amines) is 1. The van der Waals surface area contributed by atoms with E-state index in [4.69, 9.17) is 15.3 Å². The molecule has 0 saturated carbocycles. The molecule has 2 rings (SSSR count). The van der Waals surface area contributed by atoms with Crippen molar-refractivity contribution in [3.8, 4) is 0 Å². The van der Waals surface area contributed by atoms with Crippen LogP contribution in [0.15, 0.2) is 16.5 Å². The molecule has 1 aromatic heterocycles. The van der Waals surface area contributed by atoms with Gasteiger partial charge in [-0.1, -0.05) is 6.92 Å². The van der Waals surface area contributed by atoms with Crippen molar-refractivity contribution >= 4 is 5.97 Å². The Kier molecular flexibility index (Phi) is 3.22. The average molecular weight is 238 g/mol. The molecule has 1 saturated heterocycles. The summed E-state index contributed by atoms with van der Waals surface area (Å²) in [7, 11) is 0. The Labute approximate surface area is 100 Å². The maximum absolute atomic E-state index is 11.0. The first-order valence-electron chi connectivity index (χ1n) is 5.86. The van der Waals surface area contributed by atoms with Gasteiger partial charge in [0, 0.05) is 19.5 Å². The third-order valence-corrected chi connectivity index (χ3v) is 3.25. The highest BCUT2D eigenvalue weighted by Crippen LogP contribution is 2.21. The largest absolute Gasteiger partial charge is 0.480 e. The van der Waals surface area contributed by atoms with Gasteiger partial charge in [-0.05, 0) is 18.6 Å². The van der Waals surface area contributed by atoms with Crippen molar-refractivity contribution in [1.29, 1.82) is 0 Å². The minimum Gasteiger partial charge on any atom is -0.480 e. The van der Waals surface area contributed by atoms with Crippen LogP contribution in [-0.4, -0.2) is 34.6 Å². The molecule has 1 aliphatic heterocycles. The van der Waals surface area contributed by atoms with Gasteiger partial charge in [-0.25, -0.2) is 0 Å². The monoisotopic (exact) mass is 238 g/mol. The number of hydrogen-bond acceptors (Lipinski definition) is 4. The number of furan rings is 1. The zero-order chi connectivity index (χ0) is 12.5. The molecule has 3 N–H and O–H groups in total. The lowest BCUT2D eigenvalue weighted by Gasteiger charge is -2.19. The van der Waals surface area contributed by atoms with Crippen LogP contribution in [0.4, 0.5) is 0 Å². The van der Waals surface area contributed by atoms with Crippen LogP contribution in [0.5, 0.6) is 0 Å². The number of hydrogen-bond donors (Lipinski definition) is 2. The van der Waals surface area contributed by atoms with Crippen LogP contribution in [-0.2, 0) is 17.8 Å². The predicted octanol–water partition coefficient (Wildman–Crippen LogP) is 0.830. The van der Waals surface area contributed by atoms with Gasteiger partial charge in [0.25, 0.3) is 0 Å². The lowest BCUT2D eigenvalue weighted by atomic mass is 10.0. The molecule has 1 atom stereocenters. The number of nitrogens with two attached hydrogens (primary N) is 1. The summed E-state index contributed by atoms with van der Waals surface area (Å²) >= 11 is 0. The van der Waals surface area contributed by atoms with E-state index in [0.717, 1.165) is 17.9 Å². The van der Waals surface area contributed by atoms with E-state index in [1.165, 1.54) is 0 Å². The average Bonchev–Trinajstić information content (AvgIpc) is 2.87. The van der Waals surface area contributed by atoms with Gasteiger partial charge in [-0.3, -0.25) is 9.69 Å². The second-order valence-electron chi connectivity index (χ2n) is 4.64. The number of aryl methyl sites for hydroxylation is 1. The maximum atomic E-state index is 11.0. The second kappa shape index (κ2) is 4.50. The van der Waals surface area contributed by atoms with Crippen molar-refractivity contribution in [1.82, 2.24) is 4.90 Å². The fourth-order valence-corrected chi connectivity index (χ4v) is 2.14. The number of carboxylic acids is 1. The fraction of sp³-hybridized carbons (Fsp3) is 0.583. The normalized spacial score (nSPS) is 25.3. The smallest absolute Gasteiger partial charge is 0.325 e. The molecule has 0 amide bonds. The van der Waals surface area contributed by atoms with Gasteiger partial charge in [0.15, 0.2) is 0 Å². The molecule has 94 valence electrons. The lowest BCUT2D eigenvalue weighted by molar-refractivity contribution is -0.142. The number of rotatable bonds is 4. The molecule has 0 spiro atoms. The van der Waals surface area contributed by atoms with Crippen LogP contribution in [0.1, 0.15) is 24.9 Å². The Morgan fingerprint density at radius 1 is 1.59 bits per heavy atom. The van der Waals surface area contributed by atoms with Crippen LogP contribution in [0, 0.1) is 0 Å². The summed E-state index contributed by atoms with van der Waals surface area (Å²) in [5.41, 5.74) is 4.71. The summed E-state index contributed by atoms with van der Waals surface area (Å²) in [6.45, 7) is 3.75. The molecular formula is C12H18N2O3. The Balaban J connectivity index is 1.96. The number of carbonyl (C=O) groups is 1. The van der Waals surface area contributed by atoms with Crippen LogP contribution >= 0.6 is 0 Å². The molecule has 5 heteroatoms. The summed E-state index contributed by atoms with van der Waals surface area (Å²) in [5, 5.41) is 9.02. The molecule has 0 bridgehead atoms. The van der Waals surface area contributed by atoms with Gasteiger partial charge in [0.1, 0.15) is 17.1 Å². The van der Waals surface area contributed by atoms with E-state index >= 15 is 0 Å². The maximum Gasteiger partial charge on any atom is 0.325 e. The summed E-state index contributed by atoms with van der Waals surface area (Å²) in [5.74, 6) is 0.904. The Bertz CT molecular complexity index is 416. The van der Waals surface area contributed by atoms with Crippen LogP contribution in [0.3, 0.4) is 0 Å². The van der Waals surface area contributed by atoms with Gasteiger partial charge in [-0.15, -0.1) is 0 Å². The molecule has 1 aliphatic rings. The molecule has 1 aromatic rings. The van der Waals surface area contributed by atoms with Gasteiger partial charge in [-0.2, -0.15) is 0 Å². The van der Waals surface area contributed by atoms with Crippen LogP contribution < -0.4 is 5.73 Å². The van der Waals surface area contributed by atoms with E-state index in [1.807, 2.05) is 24.0 Å². The van der Waals surface area contributed by atoms with Gasteiger partial charge in [0.05, 0.1) is 6.54 Å². The summed E-state index contributed by atoms with van der Waals surface area (Å²) in [4.78, 5) is 13.0. The van der Waals surface area contributed by atoms with Crippen LogP contribution in [0.25, 0.3) is 0 Å². The molecular weight excluding hydrogens is 220 g/mol.